The molecule has 0 bridgehead atoms. The third-order valence-corrected chi connectivity index (χ3v) is 1.89. The Labute approximate surface area is 74.7 Å². The summed E-state index contributed by atoms with van der Waals surface area (Å²) < 4.78 is 5.22. The summed E-state index contributed by atoms with van der Waals surface area (Å²) in [4.78, 5) is 4.03. The third kappa shape index (κ3) is 2.50. The van der Waals surface area contributed by atoms with E-state index < -0.39 is 0 Å². The predicted molar refractivity (Wildman–Crippen MR) is 48.0 cm³/mol. The Hall–Kier alpha value is -0.570. The Bertz CT molecular complexity index is 227. The van der Waals surface area contributed by atoms with Gasteiger partial charge < -0.3 is 4.74 Å². The van der Waals surface area contributed by atoms with Crippen LogP contribution in [0, 0.1) is 0 Å². The Balaban J connectivity index is 2.74. The fourth-order valence-electron chi connectivity index (χ4n) is 0.760. The number of hydrogen-bond acceptors (Lipinski definition) is 2. The van der Waals surface area contributed by atoms with Crippen molar-refractivity contribution in [3.05, 3.63) is 23.9 Å². The molecule has 11 heavy (non-hydrogen) atoms. The molecular weight excluding hydrogens is 206 g/mol. The molecule has 0 N–H and O–H groups in total. The topological polar surface area (TPSA) is 22.1 Å². The molecule has 0 spiro atoms. The van der Waals surface area contributed by atoms with Crippen LogP contribution in [0.2, 0.25) is 0 Å². The first-order chi connectivity index (χ1) is 5.36. The van der Waals surface area contributed by atoms with Crippen LogP contribution < -0.4 is 4.74 Å². The second-order valence-electron chi connectivity index (χ2n) is 2.07. The average Bonchev–Trinajstić information content (AvgIpc) is 2.06. The van der Waals surface area contributed by atoms with E-state index in [0.29, 0.717) is 12.5 Å². The van der Waals surface area contributed by atoms with Gasteiger partial charge in [0.25, 0.3) is 0 Å². The first-order valence-electron chi connectivity index (χ1n) is 3.50. The van der Waals surface area contributed by atoms with Crippen LogP contribution in [0.15, 0.2) is 18.3 Å². The summed E-state index contributed by atoms with van der Waals surface area (Å²) in [5.74, 6) is 0.699. The Morgan fingerprint density at radius 3 is 3.09 bits per heavy atom. The van der Waals surface area contributed by atoms with Crippen molar-refractivity contribution in [2.24, 2.45) is 0 Å². The highest BCUT2D eigenvalue weighted by Gasteiger charge is 1.94. The summed E-state index contributed by atoms with van der Waals surface area (Å²) in [5, 5.41) is 0.843. The molecule has 1 rings (SSSR count). The van der Waals surface area contributed by atoms with Crippen LogP contribution >= 0.6 is 15.9 Å². The molecule has 0 atom stereocenters. The molecule has 0 aromatic carbocycles. The summed E-state index contributed by atoms with van der Waals surface area (Å²) in [6, 6.07) is 3.88. The van der Waals surface area contributed by atoms with E-state index in [9.17, 15) is 0 Å². The fourth-order valence-corrected chi connectivity index (χ4v) is 1.11. The molecule has 60 valence electrons. The molecule has 0 saturated carbocycles. The molecule has 0 amide bonds. The molecular formula is C8H10BrNO. The van der Waals surface area contributed by atoms with Crippen LogP contribution in [0.1, 0.15) is 12.5 Å². The second kappa shape index (κ2) is 4.34. The predicted octanol–water partition coefficient (Wildman–Crippen LogP) is 2.38. The van der Waals surface area contributed by atoms with Crippen LogP contribution in [-0.2, 0) is 5.33 Å². The number of nitrogens with zero attached hydrogens (tertiary/aromatic N) is 1. The van der Waals surface area contributed by atoms with Crippen molar-refractivity contribution >= 4 is 15.9 Å². The van der Waals surface area contributed by atoms with E-state index in [1.807, 2.05) is 19.1 Å². The van der Waals surface area contributed by atoms with Gasteiger partial charge in [0.1, 0.15) is 0 Å². The SMILES string of the molecule is CCOc1cc(CBr)ccn1. The lowest BCUT2D eigenvalue weighted by Gasteiger charge is -2.01. The molecule has 0 aliphatic carbocycles. The largest absolute Gasteiger partial charge is 0.478 e. The number of aromatic nitrogens is 1. The van der Waals surface area contributed by atoms with Gasteiger partial charge in [-0.2, -0.15) is 0 Å². The van der Waals surface area contributed by atoms with Crippen molar-refractivity contribution in [3.63, 3.8) is 0 Å². The zero-order valence-electron chi connectivity index (χ0n) is 6.38. The van der Waals surface area contributed by atoms with Crippen LogP contribution in [-0.4, -0.2) is 11.6 Å². The zero-order valence-corrected chi connectivity index (χ0v) is 7.97. The van der Waals surface area contributed by atoms with Gasteiger partial charge in [-0.1, -0.05) is 15.9 Å². The number of alkyl halides is 1. The number of hydrogen-bond donors (Lipinski definition) is 0. The third-order valence-electron chi connectivity index (χ3n) is 1.25. The van der Waals surface area contributed by atoms with Crippen molar-refractivity contribution < 1.29 is 4.74 Å². The maximum atomic E-state index is 5.22. The molecule has 0 saturated heterocycles. The molecule has 0 radical (unpaired) electrons. The smallest absolute Gasteiger partial charge is 0.213 e. The van der Waals surface area contributed by atoms with Gasteiger partial charge in [-0.3, -0.25) is 0 Å². The zero-order chi connectivity index (χ0) is 8.10. The molecule has 0 aliphatic rings. The van der Waals surface area contributed by atoms with Gasteiger partial charge in [-0.05, 0) is 18.6 Å². The molecule has 3 heteroatoms. The van der Waals surface area contributed by atoms with E-state index >= 15 is 0 Å². The average molecular weight is 216 g/mol. The summed E-state index contributed by atoms with van der Waals surface area (Å²) in [6.45, 7) is 2.61. The van der Waals surface area contributed by atoms with Gasteiger partial charge >= 0.3 is 0 Å². The van der Waals surface area contributed by atoms with Crippen LogP contribution in [0.5, 0.6) is 5.88 Å². The minimum atomic E-state index is 0.665. The molecule has 0 aliphatic heterocycles. The van der Waals surface area contributed by atoms with Gasteiger partial charge in [-0.15, -0.1) is 0 Å². The van der Waals surface area contributed by atoms with Crippen LogP contribution in [0.3, 0.4) is 0 Å². The maximum Gasteiger partial charge on any atom is 0.213 e. The fraction of sp³-hybridized carbons (Fsp3) is 0.375. The molecule has 1 heterocycles. The van der Waals surface area contributed by atoms with E-state index in [-0.39, 0.29) is 0 Å². The molecule has 0 fully saturated rings. The van der Waals surface area contributed by atoms with Gasteiger partial charge in [0.05, 0.1) is 6.61 Å². The van der Waals surface area contributed by atoms with E-state index in [4.69, 9.17) is 4.74 Å². The van der Waals surface area contributed by atoms with Crippen molar-refractivity contribution in [2.75, 3.05) is 6.61 Å². The number of rotatable bonds is 3. The van der Waals surface area contributed by atoms with Crippen molar-refractivity contribution in [1.29, 1.82) is 0 Å². The van der Waals surface area contributed by atoms with E-state index in [1.54, 1.807) is 6.20 Å². The lowest BCUT2D eigenvalue weighted by molar-refractivity contribution is 0.326. The number of pyridine rings is 1. The number of halogens is 1. The van der Waals surface area contributed by atoms with Crippen molar-refractivity contribution in [3.8, 4) is 5.88 Å². The summed E-state index contributed by atoms with van der Waals surface area (Å²) in [6.07, 6.45) is 1.75. The minimum absolute atomic E-state index is 0.665. The standard InChI is InChI=1S/C8H10BrNO/c1-2-11-8-5-7(6-9)3-4-10-8/h3-5H,2,6H2,1H3. The van der Waals surface area contributed by atoms with Crippen LogP contribution in [0.4, 0.5) is 0 Å². The molecule has 1 aromatic heterocycles. The lowest BCUT2D eigenvalue weighted by atomic mass is 10.3. The summed E-state index contributed by atoms with van der Waals surface area (Å²) in [7, 11) is 0. The van der Waals surface area contributed by atoms with Gasteiger partial charge in [0.15, 0.2) is 0 Å². The van der Waals surface area contributed by atoms with E-state index in [0.717, 1.165) is 5.33 Å². The van der Waals surface area contributed by atoms with E-state index in [2.05, 4.69) is 20.9 Å². The van der Waals surface area contributed by atoms with Crippen LogP contribution in [0.25, 0.3) is 0 Å². The summed E-state index contributed by atoms with van der Waals surface area (Å²) >= 11 is 3.36. The Morgan fingerprint density at radius 1 is 1.64 bits per heavy atom. The summed E-state index contributed by atoms with van der Waals surface area (Å²) in [5.41, 5.74) is 1.18. The van der Waals surface area contributed by atoms with E-state index in [1.165, 1.54) is 5.56 Å². The Kier molecular flexibility index (Phi) is 3.36. The minimum Gasteiger partial charge on any atom is -0.478 e. The number of ether oxygens (including phenoxy) is 1. The quantitative estimate of drug-likeness (QED) is 0.723. The monoisotopic (exact) mass is 215 g/mol. The second-order valence-corrected chi connectivity index (χ2v) is 2.63. The lowest BCUT2D eigenvalue weighted by Crippen LogP contribution is -1.94. The molecule has 0 unspecified atom stereocenters. The van der Waals surface area contributed by atoms with Gasteiger partial charge in [-0.25, -0.2) is 4.98 Å². The molecule has 2 nitrogen and oxygen atoms in total. The normalized spacial score (nSPS) is 9.64. The first kappa shape index (κ1) is 8.53. The highest BCUT2D eigenvalue weighted by atomic mass is 79.9. The molecule has 1 aromatic rings. The van der Waals surface area contributed by atoms with Crippen molar-refractivity contribution in [1.82, 2.24) is 4.98 Å². The van der Waals surface area contributed by atoms with Gasteiger partial charge in [0.2, 0.25) is 5.88 Å². The maximum absolute atomic E-state index is 5.22. The van der Waals surface area contributed by atoms with Gasteiger partial charge in [0, 0.05) is 17.6 Å². The Morgan fingerprint density at radius 2 is 2.45 bits per heavy atom. The highest BCUT2D eigenvalue weighted by molar-refractivity contribution is 9.08. The first-order valence-corrected chi connectivity index (χ1v) is 4.62. The van der Waals surface area contributed by atoms with Crippen molar-refractivity contribution in [2.45, 2.75) is 12.3 Å². The highest BCUT2D eigenvalue weighted by Crippen LogP contribution is 2.11.